The Morgan fingerprint density at radius 3 is 2.52 bits per heavy atom. The predicted molar refractivity (Wildman–Crippen MR) is 84.4 cm³/mol. The first-order valence-corrected chi connectivity index (χ1v) is 7.53. The molecule has 1 amide bonds. The van der Waals surface area contributed by atoms with Crippen LogP contribution in [-0.2, 0) is 4.79 Å². The molecule has 0 spiro atoms. The Hall–Kier alpha value is -1.55. The highest BCUT2D eigenvalue weighted by molar-refractivity contribution is 5.83. The monoisotopic (exact) mass is 290 g/mol. The number of likely N-dealkylation sites (tertiary alicyclic amines) is 1. The van der Waals surface area contributed by atoms with E-state index in [9.17, 15) is 4.79 Å². The summed E-state index contributed by atoms with van der Waals surface area (Å²) < 4.78 is 5.16. The van der Waals surface area contributed by atoms with Crippen molar-refractivity contribution in [3.63, 3.8) is 0 Å². The molecule has 1 aliphatic heterocycles. The van der Waals surface area contributed by atoms with E-state index in [1.165, 1.54) is 0 Å². The molecule has 2 unspecified atom stereocenters. The van der Waals surface area contributed by atoms with Crippen LogP contribution in [0.2, 0.25) is 0 Å². The van der Waals surface area contributed by atoms with Gasteiger partial charge in [0.05, 0.1) is 13.0 Å². The Morgan fingerprint density at radius 1 is 1.38 bits per heavy atom. The molecule has 0 bridgehead atoms. The number of ether oxygens (including phenoxy) is 1. The zero-order valence-corrected chi connectivity index (χ0v) is 13.4. The fourth-order valence-electron chi connectivity index (χ4n) is 2.87. The standard InChI is InChI=1S/C17H26N2O2/c1-12(13-5-7-14(21-4)8-6-13)16(20)19-10-9-15(18)17(2,3)11-19/h5-8,12,15H,9-11,18H2,1-4H3. The molecule has 1 aliphatic rings. The first kappa shape index (κ1) is 15.8. The molecule has 1 heterocycles. The second kappa shape index (κ2) is 6.06. The van der Waals surface area contributed by atoms with Crippen molar-refractivity contribution in [3.8, 4) is 5.75 Å². The highest BCUT2D eigenvalue weighted by Crippen LogP contribution is 2.30. The lowest BCUT2D eigenvalue weighted by molar-refractivity contribution is -0.135. The van der Waals surface area contributed by atoms with Crippen molar-refractivity contribution >= 4 is 5.91 Å². The Kier molecular flexibility index (Phi) is 4.57. The summed E-state index contributed by atoms with van der Waals surface area (Å²) in [5, 5.41) is 0. The fourth-order valence-corrected chi connectivity index (χ4v) is 2.87. The minimum atomic E-state index is -0.138. The number of nitrogens with zero attached hydrogens (tertiary/aromatic N) is 1. The van der Waals surface area contributed by atoms with E-state index in [2.05, 4.69) is 13.8 Å². The van der Waals surface area contributed by atoms with Gasteiger partial charge in [-0.25, -0.2) is 0 Å². The predicted octanol–water partition coefficient (Wildman–Crippen LogP) is 2.38. The fraction of sp³-hybridized carbons (Fsp3) is 0.588. The molecule has 1 aromatic carbocycles. The van der Waals surface area contributed by atoms with E-state index in [1.807, 2.05) is 36.1 Å². The zero-order chi connectivity index (χ0) is 15.6. The number of rotatable bonds is 3. The molecule has 2 atom stereocenters. The lowest BCUT2D eigenvalue weighted by atomic mass is 9.79. The second-order valence-electron chi connectivity index (χ2n) is 6.64. The van der Waals surface area contributed by atoms with E-state index in [1.54, 1.807) is 7.11 Å². The van der Waals surface area contributed by atoms with E-state index < -0.39 is 0 Å². The maximum Gasteiger partial charge on any atom is 0.229 e. The van der Waals surface area contributed by atoms with Crippen molar-refractivity contribution in [3.05, 3.63) is 29.8 Å². The number of hydrogen-bond donors (Lipinski definition) is 1. The van der Waals surface area contributed by atoms with Gasteiger partial charge in [-0.15, -0.1) is 0 Å². The summed E-state index contributed by atoms with van der Waals surface area (Å²) in [6, 6.07) is 7.88. The van der Waals surface area contributed by atoms with Gasteiger partial charge >= 0.3 is 0 Å². The largest absolute Gasteiger partial charge is 0.497 e. The van der Waals surface area contributed by atoms with Crippen LogP contribution in [0.3, 0.4) is 0 Å². The number of methoxy groups -OCH3 is 1. The number of carbonyl (C=O) groups is 1. The lowest BCUT2D eigenvalue weighted by Gasteiger charge is -2.43. The van der Waals surface area contributed by atoms with Gasteiger partial charge in [0.2, 0.25) is 5.91 Å². The number of piperidine rings is 1. The van der Waals surface area contributed by atoms with Crippen molar-refractivity contribution in [2.45, 2.75) is 39.2 Å². The third kappa shape index (κ3) is 3.38. The minimum Gasteiger partial charge on any atom is -0.497 e. The van der Waals surface area contributed by atoms with E-state index in [0.717, 1.165) is 30.8 Å². The van der Waals surface area contributed by atoms with Gasteiger partial charge < -0.3 is 15.4 Å². The van der Waals surface area contributed by atoms with Crippen molar-refractivity contribution < 1.29 is 9.53 Å². The van der Waals surface area contributed by atoms with Crippen LogP contribution in [0.5, 0.6) is 5.75 Å². The molecule has 1 aromatic rings. The van der Waals surface area contributed by atoms with Crippen molar-refractivity contribution in [1.82, 2.24) is 4.90 Å². The Labute approximate surface area is 127 Å². The molecule has 21 heavy (non-hydrogen) atoms. The molecule has 0 radical (unpaired) electrons. The van der Waals surface area contributed by atoms with Crippen LogP contribution in [0, 0.1) is 5.41 Å². The van der Waals surface area contributed by atoms with Gasteiger partial charge in [0.1, 0.15) is 5.75 Å². The van der Waals surface area contributed by atoms with Gasteiger partial charge in [-0.05, 0) is 36.5 Å². The maximum absolute atomic E-state index is 12.7. The molecule has 4 nitrogen and oxygen atoms in total. The van der Waals surface area contributed by atoms with Crippen LogP contribution in [0.4, 0.5) is 0 Å². The number of benzene rings is 1. The van der Waals surface area contributed by atoms with Crippen molar-refractivity contribution in [2.75, 3.05) is 20.2 Å². The number of nitrogens with two attached hydrogens (primary N) is 1. The van der Waals surface area contributed by atoms with Gasteiger partial charge in [0, 0.05) is 19.1 Å². The molecule has 0 saturated carbocycles. The Morgan fingerprint density at radius 2 is 2.00 bits per heavy atom. The molecule has 1 fully saturated rings. The summed E-state index contributed by atoms with van der Waals surface area (Å²) in [7, 11) is 1.64. The molecule has 0 aliphatic carbocycles. The van der Waals surface area contributed by atoms with Crippen LogP contribution in [0.25, 0.3) is 0 Å². The highest BCUT2D eigenvalue weighted by atomic mass is 16.5. The Bertz CT molecular complexity index is 496. The van der Waals surface area contributed by atoms with E-state index in [4.69, 9.17) is 10.5 Å². The lowest BCUT2D eigenvalue weighted by Crippen LogP contribution is -2.54. The maximum atomic E-state index is 12.7. The van der Waals surface area contributed by atoms with Gasteiger partial charge in [0.25, 0.3) is 0 Å². The van der Waals surface area contributed by atoms with Gasteiger partial charge in [-0.2, -0.15) is 0 Å². The molecule has 4 heteroatoms. The first-order chi connectivity index (χ1) is 9.85. The molecule has 0 aromatic heterocycles. The first-order valence-electron chi connectivity index (χ1n) is 7.53. The molecule has 2 rings (SSSR count). The summed E-state index contributed by atoms with van der Waals surface area (Å²) in [5.41, 5.74) is 7.14. The minimum absolute atomic E-state index is 0.0203. The van der Waals surface area contributed by atoms with E-state index in [-0.39, 0.29) is 23.3 Å². The third-order valence-corrected chi connectivity index (χ3v) is 4.61. The summed E-state index contributed by atoms with van der Waals surface area (Å²) in [6.07, 6.45) is 0.869. The molecule has 1 saturated heterocycles. The molecule has 2 N–H and O–H groups in total. The highest BCUT2D eigenvalue weighted by Gasteiger charge is 2.36. The van der Waals surface area contributed by atoms with Gasteiger partial charge in [0.15, 0.2) is 0 Å². The SMILES string of the molecule is COc1ccc(C(C)C(=O)N2CCC(N)C(C)(C)C2)cc1. The summed E-state index contributed by atoms with van der Waals surface area (Å²) in [6.45, 7) is 7.72. The third-order valence-electron chi connectivity index (χ3n) is 4.61. The van der Waals surface area contributed by atoms with Crippen LogP contribution in [0.1, 0.15) is 38.7 Å². The van der Waals surface area contributed by atoms with Crippen LogP contribution >= 0.6 is 0 Å². The summed E-state index contributed by atoms with van der Waals surface area (Å²) in [5.74, 6) is 0.852. The van der Waals surface area contributed by atoms with Crippen LogP contribution in [0.15, 0.2) is 24.3 Å². The Balaban J connectivity index is 2.08. The van der Waals surface area contributed by atoms with Crippen molar-refractivity contribution in [2.24, 2.45) is 11.1 Å². The number of hydrogen-bond acceptors (Lipinski definition) is 3. The summed E-state index contributed by atoms with van der Waals surface area (Å²) >= 11 is 0. The number of amides is 1. The smallest absolute Gasteiger partial charge is 0.229 e. The normalized spacial score (nSPS) is 22.7. The topological polar surface area (TPSA) is 55.6 Å². The van der Waals surface area contributed by atoms with E-state index in [0.29, 0.717) is 0 Å². The van der Waals surface area contributed by atoms with Crippen LogP contribution in [-0.4, -0.2) is 37.0 Å². The molecular weight excluding hydrogens is 264 g/mol. The second-order valence-corrected chi connectivity index (χ2v) is 6.64. The average molecular weight is 290 g/mol. The van der Waals surface area contributed by atoms with E-state index >= 15 is 0 Å². The van der Waals surface area contributed by atoms with Crippen LogP contribution < -0.4 is 10.5 Å². The quantitative estimate of drug-likeness (QED) is 0.930. The van der Waals surface area contributed by atoms with Gasteiger partial charge in [-0.3, -0.25) is 4.79 Å². The van der Waals surface area contributed by atoms with Crippen molar-refractivity contribution in [1.29, 1.82) is 0 Å². The molecular formula is C17H26N2O2. The number of carbonyl (C=O) groups excluding carboxylic acids is 1. The van der Waals surface area contributed by atoms with Gasteiger partial charge in [-0.1, -0.05) is 26.0 Å². The molecule has 116 valence electrons. The average Bonchev–Trinajstić information content (AvgIpc) is 2.48. The zero-order valence-electron chi connectivity index (χ0n) is 13.4. The summed E-state index contributed by atoms with van der Waals surface area (Å²) in [4.78, 5) is 14.7.